The molecule has 0 heterocycles. The van der Waals surface area contributed by atoms with Crippen LogP contribution in [0.15, 0.2) is 42.5 Å². The highest BCUT2D eigenvalue weighted by molar-refractivity contribution is 5.56. The minimum Gasteiger partial charge on any atom is -0.378 e. The van der Waals surface area contributed by atoms with Crippen molar-refractivity contribution >= 4 is 5.69 Å². The molecule has 0 saturated carbocycles. The molecule has 108 valence electrons. The first-order valence-corrected chi connectivity index (χ1v) is 7.50. The summed E-state index contributed by atoms with van der Waals surface area (Å²) in [5.41, 5.74) is 5.52. The second kappa shape index (κ2) is 6.95. The van der Waals surface area contributed by atoms with Crippen LogP contribution in [0.25, 0.3) is 0 Å². The molecular weight excluding hydrogens is 256 g/mol. The van der Waals surface area contributed by atoms with E-state index in [9.17, 15) is 0 Å². The highest BCUT2D eigenvalue weighted by atomic mass is 14.9. The smallest absolute Gasteiger partial charge is 0.0992 e. The molecule has 21 heavy (non-hydrogen) atoms. The molecule has 0 aliphatic carbocycles. The van der Waals surface area contributed by atoms with Gasteiger partial charge in [-0.25, -0.2) is 0 Å². The zero-order valence-electron chi connectivity index (χ0n) is 13.0. The van der Waals surface area contributed by atoms with Crippen molar-refractivity contribution in [3.63, 3.8) is 0 Å². The first kappa shape index (κ1) is 15.1. The summed E-state index contributed by atoms with van der Waals surface area (Å²) in [5, 5.41) is 12.5. The Balaban J connectivity index is 2.14. The lowest BCUT2D eigenvalue weighted by molar-refractivity contribution is 0.874. The van der Waals surface area contributed by atoms with Gasteiger partial charge in [-0.15, -0.1) is 0 Å². The van der Waals surface area contributed by atoms with Crippen molar-refractivity contribution < 1.29 is 0 Å². The number of hydrogen-bond donors (Lipinski definition) is 1. The van der Waals surface area contributed by atoms with E-state index in [1.54, 1.807) is 0 Å². The Morgan fingerprint density at radius 3 is 2.48 bits per heavy atom. The zero-order valence-corrected chi connectivity index (χ0v) is 13.0. The summed E-state index contributed by atoms with van der Waals surface area (Å²) in [4.78, 5) is 0. The first-order valence-electron chi connectivity index (χ1n) is 7.50. The average molecular weight is 278 g/mol. The molecule has 0 spiro atoms. The summed E-state index contributed by atoms with van der Waals surface area (Å²) >= 11 is 0. The van der Waals surface area contributed by atoms with Crippen molar-refractivity contribution in [2.24, 2.45) is 0 Å². The number of nitrogens with one attached hydrogen (secondary N) is 1. The molecule has 0 aliphatic rings. The maximum atomic E-state index is 9.01. The van der Waals surface area contributed by atoms with Crippen LogP contribution in [0, 0.1) is 18.3 Å². The van der Waals surface area contributed by atoms with Crippen LogP contribution in [-0.4, -0.2) is 0 Å². The largest absolute Gasteiger partial charge is 0.378 e. The number of anilines is 1. The number of rotatable bonds is 5. The SMILES string of the molecule is CCCc1ccc(C(C)Nc2cc(C#N)ccc2C)cc1. The summed E-state index contributed by atoms with van der Waals surface area (Å²) < 4.78 is 0. The highest BCUT2D eigenvalue weighted by Crippen LogP contribution is 2.23. The van der Waals surface area contributed by atoms with Crippen LogP contribution in [0.3, 0.4) is 0 Å². The van der Waals surface area contributed by atoms with Crippen molar-refractivity contribution in [2.75, 3.05) is 5.32 Å². The molecule has 2 aromatic carbocycles. The van der Waals surface area contributed by atoms with Crippen molar-refractivity contribution in [2.45, 2.75) is 39.7 Å². The van der Waals surface area contributed by atoms with Gasteiger partial charge in [0.2, 0.25) is 0 Å². The van der Waals surface area contributed by atoms with Crippen molar-refractivity contribution in [3.8, 4) is 6.07 Å². The second-order valence-corrected chi connectivity index (χ2v) is 5.50. The summed E-state index contributed by atoms with van der Waals surface area (Å²) in [6.07, 6.45) is 2.30. The van der Waals surface area contributed by atoms with Gasteiger partial charge in [0.05, 0.1) is 11.6 Å². The highest BCUT2D eigenvalue weighted by Gasteiger charge is 2.07. The van der Waals surface area contributed by atoms with Crippen molar-refractivity contribution in [1.82, 2.24) is 0 Å². The Hall–Kier alpha value is -2.27. The fourth-order valence-corrected chi connectivity index (χ4v) is 2.43. The van der Waals surface area contributed by atoms with Gasteiger partial charge in [0.1, 0.15) is 0 Å². The molecule has 0 radical (unpaired) electrons. The van der Waals surface area contributed by atoms with Gasteiger partial charge in [-0.1, -0.05) is 43.7 Å². The van der Waals surface area contributed by atoms with Gasteiger partial charge >= 0.3 is 0 Å². The van der Waals surface area contributed by atoms with Crippen LogP contribution >= 0.6 is 0 Å². The van der Waals surface area contributed by atoms with Gasteiger partial charge in [0.15, 0.2) is 0 Å². The molecule has 1 unspecified atom stereocenters. The Kier molecular flexibility index (Phi) is 5.00. The molecular formula is C19H22N2. The van der Waals surface area contributed by atoms with E-state index in [1.165, 1.54) is 17.5 Å². The van der Waals surface area contributed by atoms with Crippen LogP contribution in [0.2, 0.25) is 0 Å². The number of hydrogen-bond acceptors (Lipinski definition) is 2. The fourth-order valence-electron chi connectivity index (χ4n) is 2.43. The van der Waals surface area contributed by atoms with Crippen LogP contribution < -0.4 is 5.32 Å². The summed E-state index contributed by atoms with van der Waals surface area (Å²) in [6.45, 7) is 6.40. The standard InChI is InChI=1S/C19H22N2/c1-4-5-16-8-10-18(11-9-16)15(3)21-19-12-17(13-20)7-6-14(19)2/h6-12,15,21H,4-5H2,1-3H3. The van der Waals surface area contributed by atoms with Gasteiger partial charge in [-0.05, 0) is 49.1 Å². The Morgan fingerprint density at radius 2 is 1.86 bits per heavy atom. The molecule has 1 atom stereocenters. The molecule has 2 nitrogen and oxygen atoms in total. The molecule has 0 amide bonds. The number of aryl methyl sites for hydroxylation is 2. The third-order valence-corrected chi connectivity index (χ3v) is 3.76. The van der Waals surface area contributed by atoms with Crippen LogP contribution in [0.4, 0.5) is 5.69 Å². The topological polar surface area (TPSA) is 35.8 Å². The third kappa shape index (κ3) is 3.86. The van der Waals surface area contributed by atoms with E-state index < -0.39 is 0 Å². The molecule has 2 heteroatoms. The summed E-state index contributed by atoms with van der Waals surface area (Å²) in [5.74, 6) is 0. The first-order chi connectivity index (χ1) is 10.1. The van der Waals surface area contributed by atoms with E-state index in [2.05, 4.69) is 56.4 Å². The number of nitriles is 1. The maximum Gasteiger partial charge on any atom is 0.0992 e. The lowest BCUT2D eigenvalue weighted by Gasteiger charge is -2.18. The molecule has 0 bridgehead atoms. The zero-order chi connectivity index (χ0) is 15.2. The van der Waals surface area contributed by atoms with E-state index in [1.807, 2.05) is 18.2 Å². The molecule has 0 fully saturated rings. The third-order valence-electron chi connectivity index (χ3n) is 3.76. The molecule has 0 saturated heterocycles. The van der Waals surface area contributed by atoms with Crippen LogP contribution in [0.5, 0.6) is 0 Å². The normalized spacial score (nSPS) is 11.7. The maximum absolute atomic E-state index is 9.01. The van der Waals surface area contributed by atoms with Gasteiger partial charge < -0.3 is 5.32 Å². The molecule has 2 rings (SSSR count). The van der Waals surface area contributed by atoms with Crippen LogP contribution in [-0.2, 0) is 6.42 Å². The summed E-state index contributed by atoms with van der Waals surface area (Å²) in [7, 11) is 0. The van der Waals surface area contributed by atoms with Crippen molar-refractivity contribution in [3.05, 3.63) is 64.7 Å². The predicted octanol–water partition coefficient (Wildman–Crippen LogP) is 4.99. The Morgan fingerprint density at radius 1 is 1.14 bits per heavy atom. The number of benzene rings is 2. The predicted molar refractivity (Wildman–Crippen MR) is 88.4 cm³/mol. The minimum absolute atomic E-state index is 0.216. The minimum atomic E-state index is 0.216. The van der Waals surface area contributed by atoms with Crippen LogP contribution in [0.1, 0.15) is 48.6 Å². The second-order valence-electron chi connectivity index (χ2n) is 5.50. The van der Waals surface area contributed by atoms with E-state index in [0.717, 1.165) is 17.7 Å². The van der Waals surface area contributed by atoms with E-state index in [4.69, 9.17) is 5.26 Å². The van der Waals surface area contributed by atoms with E-state index >= 15 is 0 Å². The Labute approximate surface area is 127 Å². The average Bonchev–Trinajstić information content (AvgIpc) is 2.50. The Bertz CT molecular complexity index is 636. The molecule has 0 aliphatic heterocycles. The van der Waals surface area contributed by atoms with Gasteiger partial charge in [-0.3, -0.25) is 0 Å². The molecule has 0 aromatic heterocycles. The van der Waals surface area contributed by atoms with Crippen molar-refractivity contribution in [1.29, 1.82) is 5.26 Å². The van der Waals surface area contributed by atoms with Gasteiger partial charge in [0, 0.05) is 11.7 Å². The molecule has 2 aromatic rings. The fraction of sp³-hybridized carbons (Fsp3) is 0.316. The lowest BCUT2D eigenvalue weighted by Crippen LogP contribution is -2.08. The number of nitrogens with zero attached hydrogens (tertiary/aromatic N) is 1. The van der Waals surface area contributed by atoms with E-state index in [-0.39, 0.29) is 6.04 Å². The van der Waals surface area contributed by atoms with E-state index in [0.29, 0.717) is 5.56 Å². The quantitative estimate of drug-likeness (QED) is 0.836. The monoisotopic (exact) mass is 278 g/mol. The van der Waals surface area contributed by atoms with Gasteiger partial charge in [0.25, 0.3) is 0 Å². The van der Waals surface area contributed by atoms with Gasteiger partial charge in [-0.2, -0.15) is 5.26 Å². The molecule has 1 N–H and O–H groups in total. The summed E-state index contributed by atoms with van der Waals surface area (Å²) in [6, 6.07) is 16.9. The lowest BCUT2D eigenvalue weighted by atomic mass is 10.0.